The van der Waals surface area contributed by atoms with Crippen molar-refractivity contribution >= 4 is 5.91 Å². The molecule has 0 fully saturated rings. The third-order valence-corrected chi connectivity index (χ3v) is 3.15. The number of amides is 1. The van der Waals surface area contributed by atoms with Crippen molar-refractivity contribution < 1.29 is 14.6 Å². The maximum atomic E-state index is 11.8. The summed E-state index contributed by atoms with van der Waals surface area (Å²) in [7, 11) is 1.63. The van der Waals surface area contributed by atoms with E-state index in [1.165, 1.54) is 0 Å². The number of aliphatic hydroxyl groups is 1. The normalized spacial score (nSPS) is 12.3. The highest BCUT2D eigenvalue weighted by molar-refractivity contribution is 5.76. The number of carbonyl (C=O) groups is 1. The third kappa shape index (κ3) is 5.30. The van der Waals surface area contributed by atoms with E-state index in [0.717, 1.165) is 11.3 Å². The second-order valence-corrected chi connectivity index (χ2v) is 4.95. The molecule has 0 bridgehead atoms. The minimum Gasteiger partial charge on any atom is -0.497 e. The van der Waals surface area contributed by atoms with Crippen LogP contribution in [0.3, 0.4) is 0 Å². The molecule has 0 aromatic heterocycles. The molecule has 0 aliphatic heterocycles. The standard InChI is InChI=1S/C15H23NO3/c1-11(2)14(10-17)16-15(18)9-6-12-4-7-13(19-3)8-5-12/h4-5,7-8,11,14,17H,6,9-10H2,1-3H3,(H,16,18)/t14-/m1/s1. The summed E-state index contributed by atoms with van der Waals surface area (Å²) >= 11 is 0. The Hall–Kier alpha value is -1.55. The molecule has 0 unspecified atom stereocenters. The molecule has 0 heterocycles. The van der Waals surface area contributed by atoms with Gasteiger partial charge < -0.3 is 15.2 Å². The van der Waals surface area contributed by atoms with E-state index in [1.54, 1.807) is 7.11 Å². The van der Waals surface area contributed by atoms with E-state index >= 15 is 0 Å². The molecule has 4 heteroatoms. The fourth-order valence-electron chi connectivity index (χ4n) is 1.75. The summed E-state index contributed by atoms with van der Waals surface area (Å²) in [6.45, 7) is 3.93. The number of hydrogen-bond donors (Lipinski definition) is 2. The van der Waals surface area contributed by atoms with Gasteiger partial charge in [-0.05, 0) is 30.0 Å². The summed E-state index contributed by atoms with van der Waals surface area (Å²) in [5, 5.41) is 12.0. The first-order chi connectivity index (χ1) is 9.06. The van der Waals surface area contributed by atoms with E-state index in [1.807, 2.05) is 38.1 Å². The molecule has 4 nitrogen and oxygen atoms in total. The zero-order valence-corrected chi connectivity index (χ0v) is 11.8. The van der Waals surface area contributed by atoms with Gasteiger partial charge in [0.25, 0.3) is 0 Å². The lowest BCUT2D eigenvalue weighted by atomic mass is 10.0. The van der Waals surface area contributed by atoms with Gasteiger partial charge in [-0.15, -0.1) is 0 Å². The number of aliphatic hydroxyl groups excluding tert-OH is 1. The van der Waals surface area contributed by atoms with Crippen molar-refractivity contribution in [2.24, 2.45) is 5.92 Å². The quantitative estimate of drug-likeness (QED) is 0.790. The van der Waals surface area contributed by atoms with Crippen LogP contribution in [0.15, 0.2) is 24.3 Å². The molecule has 1 rings (SSSR count). The second kappa shape index (κ2) is 7.79. The molecular formula is C15H23NO3. The van der Waals surface area contributed by atoms with Crippen molar-refractivity contribution in [3.05, 3.63) is 29.8 Å². The lowest BCUT2D eigenvalue weighted by Crippen LogP contribution is -2.41. The molecule has 1 atom stereocenters. The van der Waals surface area contributed by atoms with Gasteiger partial charge in [0.1, 0.15) is 5.75 Å². The summed E-state index contributed by atoms with van der Waals surface area (Å²) in [4.78, 5) is 11.8. The Morgan fingerprint density at radius 2 is 1.95 bits per heavy atom. The van der Waals surface area contributed by atoms with Crippen molar-refractivity contribution in [3.8, 4) is 5.75 Å². The first-order valence-electron chi connectivity index (χ1n) is 6.60. The van der Waals surface area contributed by atoms with Crippen LogP contribution in [0.4, 0.5) is 0 Å². The molecule has 0 saturated carbocycles. The highest BCUT2D eigenvalue weighted by Crippen LogP contribution is 2.12. The summed E-state index contributed by atoms with van der Waals surface area (Å²) < 4.78 is 5.08. The van der Waals surface area contributed by atoms with E-state index in [-0.39, 0.29) is 24.5 Å². The molecule has 1 amide bonds. The van der Waals surface area contributed by atoms with Gasteiger partial charge in [0, 0.05) is 6.42 Å². The van der Waals surface area contributed by atoms with Gasteiger partial charge >= 0.3 is 0 Å². The largest absolute Gasteiger partial charge is 0.497 e. The Morgan fingerprint density at radius 3 is 2.42 bits per heavy atom. The number of benzene rings is 1. The van der Waals surface area contributed by atoms with Gasteiger partial charge in [-0.2, -0.15) is 0 Å². The number of carbonyl (C=O) groups excluding carboxylic acids is 1. The van der Waals surface area contributed by atoms with Crippen LogP contribution in [0.5, 0.6) is 5.75 Å². The number of aryl methyl sites for hydroxylation is 1. The minimum absolute atomic E-state index is 0.0219. The number of ether oxygens (including phenoxy) is 1. The Balaban J connectivity index is 2.40. The molecule has 19 heavy (non-hydrogen) atoms. The smallest absolute Gasteiger partial charge is 0.220 e. The average Bonchev–Trinajstić information content (AvgIpc) is 2.42. The highest BCUT2D eigenvalue weighted by Gasteiger charge is 2.14. The first kappa shape index (κ1) is 15.5. The fourth-order valence-corrected chi connectivity index (χ4v) is 1.75. The molecule has 2 N–H and O–H groups in total. The van der Waals surface area contributed by atoms with Crippen LogP contribution in [-0.4, -0.2) is 30.8 Å². The minimum atomic E-state index is -0.164. The fraction of sp³-hybridized carbons (Fsp3) is 0.533. The van der Waals surface area contributed by atoms with Crippen LogP contribution >= 0.6 is 0 Å². The predicted molar refractivity (Wildman–Crippen MR) is 75.2 cm³/mol. The van der Waals surface area contributed by atoms with E-state index in [2.05, 4.69) is 5.32 Å². The van der Waals surface area contributed by atoms with E-state index < -0.39 is 0 Å². The van der Waals surface area contributed by atoms with Crippen LogP contribution < -0.4 is 10.1 Å². The van der Waals surface area contributed by atoms with Crippen LogP contribution in [-0.2, 0) is 11.2 Å². The Labute approximate surface area is 114 Å². The Bertz CT molecular complexity index is 387. The molecule has 106 valence electrons. The lowest BCUT2D eigenvalue weighted by Gasteiger charge is -2.19. The van der Waals surface area contributed by atoms with Gasteiger partial charge in [-0.25, -0.2) is 0 Å². The van der Waals surface area contributed by atoms with Crippen molar-refractivity contribution in [2.75, 3.05) is 13.7 Å². The maximum Gasteiger partial charge on any atom is 0.220 e. The number of nitrogens with one attached hydrogen (secondary N) is 1. The number of hydrogen-bond acceptors (Lipinski definition) is 3. The van der Waals surface area contributed by atoms with Crippen LogP contribution in [0.2, 0.25) is 0 Å². The van der Waals surface area contributed by atoms with E-state index in [0.29, 0.717) is 12.8 Å². The predicted octanol–water partition coefficient (Wildman–Crippen LogP) is 1.76. The SMILES string of the molecule is COc1ccc(CCC(=O)N[C@H](CO)C(C)C)cc1. The third-order valence-electron chi connectivity index (χ3n) is 3.15. The monoisotopic (exact) mass is 265 g/mol. The molecule has 0 aliphatic rings. The molecule has 1 aromatic rings. The Morgan fingerprint density at radius 1 is 1.32 bits per heavy atom. The first-order valence-corrected chi connectivity index (χ1v) is 6.60. The summed E-state index contributed by atoms with van der Waals surface area (Å²) in [6.07, 6.45) is 1.11. The zero-order chi connectivity index (χ0) is 14.3. The molecule has 1 aromatic carbocycles. The van der Waals surface area contributed by atoms with Crippen LogP contribution in [0, 0.1) is 5.92 Å². The van der Waals surface area contributed by atoms with Crippen LogP contribution in [0.1, 0.15) is 25.8 Å². The average molecular weight is 265 g/mol. The van der Waals surface area contributed by atoms with Gasteiger partial charge in [-0.1, -0.05) is 26.0 Å². The van der Waals surface area contributed by atoms with Crippen molar-refractivity contribution in [1.82, 2.24) is 5.32 Å². The van der Waals surface area contributed by atoms with Gasteiger partial charge in [0.05, 0.1) is 19.8 Å². The van der Waals surface area contributed by atoms with Gasteiger partial charge in [0.2, 0.25) is 5.91 Å². The highest BCUT2D eigenvalue weighted by atomic mass is 16.5. The molecule has 0 aliphatic carbocycles. The second-order valence-electron chi connectivity index (χ2n) is 4.95. The summed E-state index contributed by atoms with van der Waals surface area (Å²) in [5.74, 6) is 1.02. The van der Waals surface area contributed by atoms with E-state index in [4.69, 9.17) is 9.84 Å². The molecular weight excluding hydrogens is 242 g/mol. The molecule has 0 spiro atoms. The lowest BCUT2D eigenvalue weighted by molar-refractivity contribution is -0.122. The van der Waals surface area contributed by atoms with Gasteiger partial charge in [-0.3, -0.25) is 4.79 Å². The molecule has 0 saturated heterocycles. The van der Waals surface area contributed by atoms with Crippen LogP contribution in [0.25, 0.3) is 0 Å². The Kier molecular flexibility index (Phi) is 6.36. The number of rotatable bonds is 7. The van der Waals surface area contributed by atoms with Crippen molar-refractivity contribution in [1.29, 1.82) is 0 Å². The van der Waals surface area contributed by atoms with E-state index in [9.17, 15) is 4.79 Å². The topological polar surface area (TPSA) is 58.6 Å². The molecule has 0 radical (unpaired) electrons. The summed E-state index contributed by atoms with van der Waals surface area (Å²) in [5.41, 5.74) is 1.10. The van der Waals surface area contributed by atoms with Crippen molar-refractivity contribution in [3.63, 3.8) is 0 Å². The zero-order valence-electron chi connectivity index (χ0n) is 11.8. The maximum absolute atomic E-state index is 11.8. The van der Waals surface area contributed by atoms with Gasteiger partial charge in [0.15, 0.2) is 0 Å². The summed E-state index contributed by atoms with van der Waals surface area (Å²) in [6, 6.07) is 7.52. The van der Waals surface area contributed by atoms with Crippen molar-refractivity contribution in [2.45, 2.75) is 32.7 Å². The number of methoxy groups -OCH3 is 1.